The highest BCUT2D eigenvalue weighted by atomic mass is 32.2. The molecule has 2 atom stereocenters. The number of ether oxygens (including phenoxy) is 1. The van der Waals surface area contributed by atoms with Crippen LogP contribution in [0.1, 0.15) is 38.5 Å². The average molecular weight is 297 g/mol. The summed E-state index contributed by atoms with van der Waals surface area (Å²) < 4.78 is 41.4. The third-order valence-electron chi connectivity index (χ3n) is 3.80. The number of halogens is 3. The molecule has 2 rings (SSSR count). The molecule has 6 heteroatoms. The van der Waals surface area contributed by atoms with Crippen molar-refractivity contribution in [2.75, 3.05) is 18.1 Å². The summed E-state index contributed by atoms with van der Waals surface area (Å²) in [4.78, 5) is 0. The molecule has 1 saturated heterocycles. The molecule has 2 aliphatic rings. The molecule has 2 fully saturated rings. The highest BCUT2D eigenvalue weighted by Crippen LogP contribution is 2.26. The van der Waals surface area contributed by atoms with Crippen molar-refractivity contribution in [1.29, 1.82) is 0 Å². The topological polar surface area (TPSA) is 21.3 Å². The first-order valence-electron chi connectivity index (χ1n) is 7.05. The first-order valence-corrected chi connectivity index (χ1v) is 8.20. The van der Waals surface area contributed by atoms with Gasteiger partial charge in [0.1, 0.15) is 6.61 Å². The van der Waals surface area contributed by atoms with E-state index >= 15 is 0 Å². The van der Waals surface area contributed by atoms with Gasteiger partial charge in [0.25, 0.3) is 0 Å². The van der Waals surface area contributed by atoms with Crippen LogP contribution in [0.4, 0.5) is 13.2 Å². The van der Waals surface area contributed by atoms with E-state index in [1.165, 1.54) is 24.3 Å². The number of thioether (sulfide) groups is 1. The molecule has 0 aromatic heterocycles. The van der Waals surface area contributed by atoms with Crippen molar-refractivity contribution in [3.8, 4) is 0 Å². The summed E-state index contributed by atoms with van der Waals surface area (Å²) in [6.45, 7) is -1.11. The molecule has 2 nitrogen and oxygen atoms in total. The summed E-state index contributed by atoms with van der Waals surface area (Å²) in [7, 11) is 0. The molecule has 0 radical (unpaired) electrons. The van der Waals surface area contributed by atoms with E-state index in [1.807, 2.05) is 11.8 Å². The monoisotopic (exact) mass is 297 g/mol. The Hall–Kier alpha value is 0.0600. The van der Waals surface area contributed by atoms with E-state index in [1.54, 1.807) is 0 Å². The summed E-state index contributed by atoms with van der Waals surface area (Å²) in [6.07, 6.45) is 1.42. The van der Waals surface area contributed by atoms with Gasteiger partial charge in [0.15, 0.2) is 0 Å². The molecule has 1 heterocycles. The molecule has 1 saturated carbocycles. The van der Waals surface area contributed by atoms with Gasteiger partial charge in [0, 0.05) is 12.1 Å². The fraction of sp³-hybridized carbons (Fsp3) is 1.00. The number of rotatable bonds is 4. The molecular weight excluding hydrogens is 275 g/mol. The van der Waals surface area contributed by atoms with Crippen molar-refractivity contribution in [2.24, 2.45) is 0 Å². The Kier molecular flexibility index (Phi) is 5.84. The summed E-state index contributed by atoms with van der Waals surface area (Å²) in [5.74, 6) is 2.39. The van der Waals surface area contributed by atoms with E-state index in [-0.39, 0.29) is 6.10 Å². The van der Waals surface area contributed by atoms with Crippen molar-refractivity contribution in [1.82, 2.24) is 5.32 Å². The lowest BCUT2D eigenvalue weighted by molar-refractivity contribution is -0.188. The van der Waals surface area contributed by atoms with Crippen LogP contribution in [-0.2, 0) is 4.74 Å². The van der Waals surface area contributed by atoms with Gasteiger partial charge in [0.2, 0.25) is 0 Å². The summed E-state index contributed by atoms with van der Waals surface area (Å²) in [6, 6.07) is 0.882. The number of alkyl halides is 3. The minimum atomic E-state index is -4.21. The molecule has 0 bridgehead atoms. The maximum Gasteiger partial charge on any atom is 0.411 e. The van der Waals surface area contributed by atoms with Gasteiger partial charge in [-0.3, -0.25) is 0 Å². The molecule has 2 unspecified atom stereocenters. The van der Waals surface area contributed by atoms with Crippen molar-refractivity contribution < 1.29 is 17.9 Å². The molecule has 19 heavy (non-hydrogen) atoms. The third-order valence-corrected chi connectivity index (χ3v) is 4.85. The molecule has 1 aliphatic carbocycles. The van der Waals surface area contributed by atoms with Crippen LogP contribution in [0.2, 0.25) is 0 Å². The van der Waals surface area contributed by atoms with E-state index < -0.39 is 12.8 Å². The van der Waals surface area contributed by atoms with E-state index in [9.17, 15) is 13.2 Å². The summed E-state index contributed by atoms with van der Waals surface area (Å²) in [5.41, 5.74) is 0. The van der Waals surface area contributed by atoms with Crippen molar-refractivity contribution in [3.05, 3.63) is 0 Å². The minimum Gasteiger partial charge on any atom is -0.369 e. The summed E-state index contributed by atoms with van der Waals surface area (Å²) in [5, 5.41) is 3.61. The zero-order chi connectivity index (χ0) is 13.7. The largest absolute Gasteiger partial charge is 0.411 e. The van der Waals surface area contributed by atoms with Gasteiger partial charge >= 0.3 is 6.18 Å². The highest BCUT2D eigenvalue weighted by molar-refractivity contribution is 7.99. The predicted molar refractivity (Wildman–Crippen MR) is 71.5 cm³/mol. The van der Waals surface area contributed by atoms with Crippen LogP contribution >= 0.6 is 11.8 Å². The SMILES string of the molecule is FC(F)(F)COC1CCCC(NC2CCSCC2)C1. The standard InChI is InChI=1S/C13H22F3NOS/c14-13(15,16)9-18-12-3-1-2-11(8-12)17-10-4-6-19-7-5-10/h10-12,17H,1-9H2. The second-order valence-electron chi connectivity index (χ2n) is 5.47. The molecule has 0 spiro atoms. The molecular formula is C13H22F3NOS. The van der Waals surface area contributed by atoms with Crippen LogP contribution in [-0.4, -0.2) is 42.5 Å². The molecule has 0 aromatic carbocycles. The van der Waals surface area contributed by atoms with Crippen molar-refractivity contribution in [3.63, 3.8) is 0 Å². The lowest BCUT2D eigenvalue weighted by Crippen LogP contribution is -2.44. The fourth-order valence-corrected chi connectivity index (χ4v) is 3.96. The number of nitrogens with one attached hydrogen (secondary N) is 1. The van der Waals surface area contributed by atoms with Gasteiger partial charge in [0.05, 0.1) is 6.10 Å². The van der Waals surface area contributed by atoms with Gasteiger partial charge < -0.3 is 10.1 Å². The molecule has 112 valence electrons. The Morgan fingerprint density at radius 3 is 2.47 bits per heavy atom. The molecule has 0 amide bonds. The Morgan fingerprint density at radius 2 is 1.79 bits per heavy atom. The van der Waals surface area contributed by atoms with Crippen LogP contribution < -0.4 is 5.32 Å². The maximum atomic E-state index is 12.1. The lowest BCUT2D eigenvalue weighted by atomic mass is 9.92. The van der Waals surface area contributed by atoms with Gasteiger partial charge in [-0.1, -0.05) is 0 Å². The first kappa shape index (κ1) is 15.4. The first-order chi connectivity index (χ1) is 9.03. The smallest absolute Gasteiger partial charge is 0.369 e. The second kappa shape index (κ2) is 7.18. The molecule has 0 aromatic rings. The van der Waals surface area contributed by atoms with Gasteiger partial charge in [-0.05, 0) is 50.0 Å². The van der Waals surface area contributed by atoms with Crippen molar-refractivity contribution in [2.45, 2.75) is 62.9 Å². The second-order valence-corrected chi connectivity index (χ2v) is 6.69. The molecule has 1 aliphatic heterocycles. The number of hydrogen-bond acceptors (Lipinski definition) is 3. The van der Waals surface area contributed by atoms with E-state index in [2.05, 4.69) is 5.32 Å². The van der Waals surface area contributed by atoms with Gasteiger partial charge in [-0.15, -0.1) is 0 Å². The Morgan fingerprint density at radius 1 is 1.05 bits per heavy atom. The highest BCUT2D eigenvalue weighted by Gasteiger charge is 2.31. The van der Waals surface area contributed by atoms with Crippen LogP contribution in [0, 0.1) is 0 Å². The average Bonchev–Trinajstić information content (AvgIpc) is 2.37. The van der Waals surface area contributed by atoms with Gasteiger partial charge in [-0.25, -0.2) is 0 Å². The third kappa shape index (κ3) is 5.92. The normalized spacial score (nSPS) is 30.5. The van der Waals surface area contributed by atoms with Crippen LogP contribution in [0.3, 0.4) is 0 Å². The quantitative estimate of drug-likeness (QED) is 0.860. The van der Waals surface area contributed by atoms with Crippen molar-refractivity contribution >= 4 is 11.8 Å². The van der Waals surface area contributed by atoms with Gasteiger partial charge in [-0.2, -0.15) is 24.9 Å². The van der Waals surface area contributed by atoms with Crippen LogP contribution in [0.15, 0.2) is 0 Å². The predicted octanol–water partition coefficient (Wildman–Crippen LogP) is 3.36. The van der Waals surface area contributed by atoms with Crippen LogP contribution in [0.5, 0.6) is 0 Å². The zero-order valence-corrected chi connectivity index (χ0v) is 11.9. The minimum absolute atomic E-state index is 0.231. The Balaban J connectivity index is 1.70. The Bertz CT molecular complexity index is 269. The zero-order valence-electron chi connectivity index (χ0n) is 11.0. The van der Waals surface area contributed by atoms with E-state index in [4.69, 9.17) is 4.74 Å². The number of hydrogen-bond donors (Lipinski definition) is 1. The van der Waals surface area contributed by atoms with E-state index in [0.717, 1.165) is 25.7 Å². The maximum absolute atomic E-state index is 12.1. The lowest BCUT2D eigenvalue weighted by Gasteiger charge is -2.34. The Labute approximate surface area is 116 Å². The summed E-state index contributed by atoms with van der Waals surface area (Å²) >= 11 is 1.98. The molecule has 1 N–H and O–H groups in total. The van der Waals surface area contributed by atoms with E-state index in [0.29, 0.717) is 12.1 Å². The van der Waals surface area contributed by atoms with Crippen LogP contribution in [0.25, 0.3) is 0 Å². The fourth-order valence-electron chi connectivity index (χ4n) is 2.86.